The molecule has 2 atom stereocenters. The van der Waals surface area contributed by atoms with E-state index in [9.17, 15) is 4.79 Å². The molecule has 1 fully saturated rings. The second kappa shape index (κ2) is 5.32. The van der Waals surface area contributed by atoms with Crippen LogP contribution in [0.4, 0.5) is 0 Å². The Labute approximate surface area is 79.2 Å². The van der Waals surface area contributed by atoms with Crippen molar-refractivity contribution >= 4 is 6.29 Å². The number of piperazine rings is 1. The Kier molecular flexibility index (Phi) is 4.35. The van der Waals surface area contributed by atoms with Crippen molar-refractivity contribution in [2.24, 2.45) is 0 Å². The largest absolute Gasteiger partial charge is 0.383 e. The predicted molar refractivity (Wildman–Crippen MR) is 50.8 cm³/mol. The number of carbonyl (C=O) groups is 1. The summed E-state index contributed by atoms with van der Waals surface area (Å²) in [5.41, 5.74) is 0. The molecule has 0 spiro atoms. The molecule has 0 unspecified atom stereocenters. The molecule has 1 aliphatic heterocycles. The van der Waals surface area contributed by atoms with Crippen LogP contribution >= 0.6 is 0 Å². The second-order valence-electron chi connectivity index (χ2n) is 3.54. The summed E-state index contributed by atoms with van der Waals surface area (Å²) in [6.45, 7) is 5.16. The summed E-state index contributed by atoms with van der Waals surface area (Å²) in [7, 11) is 1.69. The van der Waals surface area contributed by atoms with E-state index in [0.717, 1.165) is 19.4 Å². The van der Waals surface area contributed by atoms with Gasteiger partial charge in [-0.25, -0.2) is 0 Å². The van der Waals surface area contributed by atoms with E-state index in [0.29, 0.717) is 25.2 Å². The van der Waals surface area contributed by atoms with Crippen LogP contribution in [0.1, 0.15) is 6.92 Å². The molecule has 0 aliphatic carbocycles. The Balaban J connectivity index is 2.44. The third-order valence-electron chi connectivity index (χ3n) is 2.39. The lowest BCUT2D eigenvalue weighted by atomic mass is 10.1. The van der Waals surface area contributed by atoms with Gasteiger partial charge >= 0.3 is 0 Å². The summed E-state index contributed by atoms with van der Waals surface area (Å²) in [5.74, 6) is 0. The molecule has 0 bridgehead atoms. The maximum atomic E-state index is 10.4. The zero-order valence-electron chi connectivity index (χ0n) is 8.32. The molecule has 0 aromatic carbocycles. The summed E-state index contributed by atoms with van der Waals surface area (Å²) in [6, 6.07) is 0.805. The lowest BCUT2D eigenvalue weighted by Gasteiger charge is -2.37. The van der Waals surface area contributed by atoms with Crippen molar-refractivity contribution in [1.82, 2.24) is 10.2 Å². The van der Waals surface area contributed by atoms with Gasteiger partial charge in [-0.15, -0.1) is 0 Å². The van der Waals surface area contributed by atoms with Gasteiger partial charge in [0.2, 0.25) is 0 Å². The molecule has 4 heteroatoms. The van der Waals surface area contributed by atoms with Crippen LogP contribution in [-0.2, 0) is 9.53 Å². The average Bonchev–Trinajstić information content (AvgIpc) is 2.10. The number of rotatable bonds is 4. The Morgan fingerprint density at radius 3 is 3.08 bits per heavy atom. The third kappa shape index (κ3) is 3.06. The summed E-state index contributed by atoms with van der Waals surface area (Å²) in [5, 5.41) is 3.37. The van der Waals surface area contributed by atoms with Gasteiger partial charge in [-0.05, 0) is 6.92 Å². The maximum Gasteiger partial charge on any atom is 0.133 e. The maximum absolute atomic E-state index is 10.4. The molecule has 1 heterocycles. The highest BCUT2D eigenvalue weighted by Gasteiger charge is 2.24. The van der Waals surface area contributed by atoms with Crippen molar-refractivity contribution in [3.8, 4) is 0 Å². The standard InChI is InChI=1S/C9H18N2O2/c1-8-6-11(3-4-12)9(5-10-8)7-13-2/h4,8-10H,3,5-7H2,1-2H3/t8-,9-/m1/s1. The van der Waals surface area contributed by atoms with Gasteiger partial charge in [0, 0.05) is 32.3 Å². The lowest BCUT2D eigenvalue weighted by Crippen LogP contribution is -2.57. The van der Waals surface area contributed by atoms with E-state index < -0.39 is 0 Å². The Hall–Kier alpha value is -0.450. The second-order valence-corrected chi connectivity index (χ2v) is 3.54. The highest BCUT2D eigenvalue weighted by Crippen LogP contribution is 2.05. The van der Waals surface area contributed by atoms with Gasteiger partial charge in [-0.1, -0.05) is 0 Å². The number of methoxy groups -OCH3 is 1. The molecule has 76 valence electrons. The highest BCUT2D eigenvalue weighted by atomic mass is 16.5. The zero-order valence-corrected chi connectivity index (χ0v) is 8.32. The fraction of sp³-hybridized carbons (Fsp3) is 0.889. The topological polar surface area (TPSA) is 41.6 Å². The van der Waals surface area contributed by atoms with E-state index in [4.69, 9.17) is 4.74 Å². The number of hydrogen-bond donors (Lipinski definition) is 1. The monoisotopic (exact) mass is 186 g/mol. The quantitative estimate of drug-likeness (QED) is 0.601. The molecular formula is C9H18N2O2. The molecule has 1 aliphatic rings. The number of carbonyl (C=O) groups excluding carboxylic acids is 1. The van der Waals surface area contributed by atoms with Gasteiger partial charge < -0.3 is 14.8 Å². The number of ether oxygens (including phenoxy) is 1. The van der Waals surface area contributed by atoms with Crippen LogP contribution in [0.15, 0.2) is 0 Å². The summed E-state index contributed by atoms with van der Waals surface area (Å²) in [6.07, 6.45) is 0.959. The molecule has 1 saturated heterocycles. The molecule has 1 N–H and O–H groups in total. The SMILES string of the molecule is COC[C@H]1CN[C@H](C)CN1CC=O. The van der Waals surface area contributed by atoms with Crippen LogP contribution in [0.5, 0.6) is 0 Å². The van der Waals surface area contributed by atoms with E-state index in [1.807, 2.05) is 0 Å². The molecule has 4 nitrogen and oxygen atoms in total. The number of hydrogen-bond acceptors (Lipinski definition) is 4. The number of nitrogens with zero attached hydrogens (tertiary/aromatic N) is 1. The van der Waals surface area contributed by atoms with E-state index >= 15 is 0 Å². The van der Waals surface area contributed by atoms with Crippen molar-refractivity contribution < 1.29 is 9.53 Å². The van der Waals surface area contributed by atoms with Gasteiger partial charge in [0.1, 0.15) is 6.29 Å². The Morgan fingerprint density at radius 1 is 1.69 bits per heavy atom. The van der Waals surface area contributed by atoms with Crippen molar-refractivity contribution in [2.45, 2.75) is 19.0 Å². The Morgan fingerprint density at radius 2 is 2.46 bits per heavy atom. The first-order valence-corrected chi connectivity index (χ1v) is 4.68. The predicted octanol–water partition coefficient (Wildman–Crippen LogP) is -0.506. The van der Waals surface area contributed by atoms with Crippen molar-refractivity contribution in [3.63, 3.8) is 0 Å². The smallest absolute Gasteiger partial charge is 0.133 e. The van der Waals surface area contributed by atoms with E-state index in [-0.39, 0.29) is 0 Å². The van der Waals surface area contributed by atoms with E-state index in [1.165, 1.54) is 0 Å². The van der Waals surface area contributed by atoms with Gasteiger partial charge in [0.05, 0.1) is 13.2 Å². The van der Waals surface area contributed by atoms with Gasteiger partial charge in [-0.2, -0.15) is 0 Å². The molecule has 0 radical (unpaired) electrons. The third-order valence-corrected chi connectivity index (χ3v) is 2.39. The minimum absolute atomic E-state index is 0.339. The molecule has 13 heavy (non-hydrogen) atoms. The summed E-state index contributed by atoms with van der Waals surface area (Å²) in [4.78, 5) is 12.6. The van der Waals surface area contributed by atoms with Crippen LogP contribution in [0.25, 0.3) is 0 Å². The first kappa shape index (κ1) is 10.6. The van der Waals surface area contributed by atoms with Gasteiger partial charge in [-0.3, -0.25) is 4.90 Å². The average molecular weight is 186 g/mol. The highest BCUT2D eigenvalue weighted by molar-refractivity contribution is 5.52. The summed E-state index contributed by atoms with van der Waals surface area (Å²) >= 11 is 0. The number of aldehydes is 1. The summed E-state index contributed by atoms with van der Waals surface area (Å²) < 4.78 is 5.10. The molecule has 0 aromatic heterocycles. The van der Waals surface area contributed by atoms with Crippen LogP contribution < -0.4 is 5.32 Å². The van der Waals surface area contributed by atoms with Crippen molar-refractivity contribution in [2.75, 3.05) is 33.4 Å². The molecule has 0 amide bonds. The first-order chi connectivity index (χ1) is 6.27. The van der Waals surface area contributed by atoms with E-state index in [1.54, 1.807) is 7.11 Å². The van der Waals surface area contributed by atoms with Gasteiger partial charge in [0.25, 0.3) is 0 Å². The minimum Gasteiger partial charge on any atom is -0.383 e. The fourth-order valence-corrected chi connectivity index (χ4v) is 1.71. The molecule has 0 saturated carbocycles. The van der Waals surface area contributed by atoms with Crippen LogP contribution in [0, 0.1) is 0 Å². The fourth-order valence-electron chi connectivity index (χ4n) is 1.71. The number of nitrogens with one attached hydrogen (secondary N) is 1. The lowest BCUT2D eigenvalue weighted by molar-refractivity contribution is -0.110. The minimum atomic E-state index is 0.339. The normalized spacial score (nSPS) is 30.3. The van der Waals surface area contributed by atoms with Crippen molar-refractivity contribution in [3.05, 3.63) is 0 Å². The van der Waals surface area contributed by atoms with Crippen LogP contribution in [-0.4, -0.2) is 56.6 Å². The van der Waals surface area contributed by atoms with E-state index in [2.05, 4.69) is 17.1 Å². The van der Waals surface area contributed by atoms with Crippen LogP contribution in [0.3, 0.4) is 0 Å². The first-order valence-electron chi connectivity index (χ1n) is 4.68. The Bertz CT molecular complexity index is 164. The van der Waals surface area contributed by atoms with Crippen molar-refractivity contribution in [1.29, 1.82) is 0 Å². The molecule has 1 rings (SSSR count). The zero-order chi connectivity index (χ0) is 9.68. The van der Waals surface area contributed by atoms with Crippen LogP contribution in [0.2, 0.25) is 0 Å². The molecule has 0 aromatic rings. The molecular weight excluding hydrogens is 168 g/mol. The van der Waals surface area contributed by atoms with Gasteiger partial charge in [0.15, 0.2) is 0 Å².